The number of piperazine rings is 1. The maximum absolute atomic E-state index is 12.9. The average Bonchev–Trinajstić information content (AvgIpc) is 3.21. The van der Waals surface area contributed by atoms with Crippen molar-refractivity contribution in [3.8, 4) is 17.6 Å². The molecule has 2 aliphatic heterocycles. The van der Waals surface area contributed by atoms with Gasteiger partial charge in [-0.2, -0.15) is 9.57 Å². The molecule has 1 spiro atoms. The topological polar surface area (TPSA) is 112 Å². The van der Waals surface area contributed by atoms with Crippen molar-refractivity contribution in [3.63, 3.8) is 0 Å². The standard InChI is InChI=1S/C25H28N4O5S/c26-17-19-4-7-21(8-5-19)35(31,32)29-14-12-28(13-15-29)18-24(30)27-20-6-9-22-23(16-20)34-25(33-22)10-2-1-3-11-25/h4-9,16H,1-3,10-15,18H2,(H,27,30). The third kappa shape index (κ3) is 4.98. The van der Waals surface area contributed by atoms with Crippen molar-refractivity contribution < 1.29 is 22.7 Å². The Kier molecular flexibility index (Phi) is 6.40. The van der Waals surface area contributed by atoms with Gasteiger partial charge in [-0.3, -0.25) is 9.69 Å². The molecule has 1 N–H and O–H groups in total. The van der Waals surface area contributed by atoms with E-state index in [4.69, 9.17) is 14.7 Å². The number of hydrogen-bond acceptors (Lipinski definition) is 7. The summed E-state index contributed by atoms with van der Waals surface area (Å²) < 4.78 is 39.4. The monoisotopic (exact) mass is 496 g/mol. The zero-order valence-corrected chi connectivity index (χ0v) is 20.2. The third-order valence-corrected chi connectivity index (χ3v) is 8.67. The normalized spacial score (nSPS) is 19.9. The molecule has 0 atom stereocenters. The lowest BCUT2D eigenvalue weighted by molar-refractivity contribution is -0.117. The smallest absolute Gasteiger partial charge is 0.251 e. The van der Waals surface area contributed by atoms with Gasteiger partial charge in [-0.25, -0.2) is 8.42 Å². The first kappa shape index (κ1) is 23.6. The summed E-state index contributed by atoms with van der Waals surface area (Å²) in [5.74, 6) is 0.650. The highest BCUT2D eigenvalue weighted by molar-refractivity contribution is 7.89. The lowest BCUT2D eigenvalue weighted by Crippen LogP contribution is -2.50. The molecule has 9 nitrogen and oxygen atoms in total. The fraction of sp³-hybridized carbons (Fsp3) is 0.440. The van der Waals surface area contributed by atoms with Gasteiger partial charge in [0.15, 0.2) is 11.5 Å². The number of anilines is 1. The number of sulfonamides is 1. The van der Waals surface area contributed by atoms with Crippen LogP contribution in [0.25, 0.3) is 0 Å². The summed E-state index contributed by atoms with van der Waals surface area (Å²) in [6, 6.07) is 13.3. The van der Waals surface area contributed by atoms with Gasteiger partial charge < -0.3 is 14.8 Å². The van der Waals surface area contributed by atoms with Gasteiger partial charge >= 0.3 is 0 Å². The molecule has 0 unspecified atom stereocenters. The predicted octanol–water partition coefficient (Wildman–Crippen LogP) is 2.93. The Labute approximate surface area is 205 Å². The van der Waals surface area contributed by atoms with Gasteiger partial charge in [0.25, 0.3) is 5.79 Å². The van der Waals surface area contributed by atoms with E-state index in [2.05, 4.69) is 5.32 Å². The molecule has 2 aromatic carbocycles. The zero-order valence-electron chi connectivity index (χ0n) is 19.4. The van der Waals surface area contributed by atoms with E-state index in [9.17, 15) is 13.2 Å². The van der Waals surface area contributed by atoms with Crippen LogP contribution in [0, 0.1) is 11.3 Å². The SMILES string of the molecule is N#Cc1ccc(S(=O)(=O)N2CCN(CC(=O)Nc3ccc4c(c3)OC3(CCCCC3)O4)CC2)cc1. The molecule has 1 amide bonds. The highest BCUT2D eigenvalue weighted by Gasteiger charge is 2.42. The van der Waals surface area contributed by atoms with E-state index in [1.54, 1.807) is 6.07 Å². The Morgan fingerprint density at radius 1 is 0.971 bits per heavy atom. The first-order valence-corrected chi connectivity index (χ1v) is 13.4. The molecule has 0 bridgehead atoms. The maximum atomic E-state index is 12.9. The minimum Gasteiger partial charge on any atom is -0.448 e. The molecule has 1 saturated heterocycles. The van der Waals surface area contributed by atoms with Crippen LogP contribution in [0.3, 0.4) is 0 Å². The molecule has 0 radical (unpaired) electrons. The quantitative estimate of drug-likeness (QED) is 0.677. The molecular formula is C25H28N4O5S. The molecule has 35 heavy (non-hydrogen) atoms. The second-order valence-corrected chi connectivity index (χ2v) is 11.1. The van der Waals surface area contributed by atoms with Gasteiger partial charge in [-0.15, -0.1) is 0 Å². The van der Waals surface area contributed by atoms with Gasteiger partial charge in [0.05, 0.1) is 23.1 Å². The van der Waals surface area contributed by atoms with Crippen LogP contribution in [0.4, 0.5) is 5.69 Å². The van der Waals surface area contributed by atoms with Gasteiger partial charge in [0, 0.05) is 50.8 Å². The van der Waals surface area contributed by atoms with E-state index >= 15 is 0 Å². The fourth-order valence-electron chi connectivity index (χ4n) is 4.85. The highest BCUT2D eigenvalue weighted by atomic mass is 32.2. The molecule has 2 heterocycles. The van der Waals surface area contributed by atoms with E-state index in [0.717, 1.165) is 25.7 Å². The van der Waals surface area contributed by atoms with Crippen molar-refractivity contribution >= 4 is 21.6 Å². The first-order valence-electron chi connectivity index (χ1n) is 11.9. The Morgan fingerprint density at radius 2 is 1.66 bits per heavy atom. The molecule has 5 rings (SSSR count). The summed E-state index contributed by atoms with van der Waals surface area (Å²) in [5, 5.41) is 11.8. The van der Waals surface area contributed by atoms with Crippen molar-refractivity contribution in [3.05, 3.63) is 48.0 Å². The zero-order chi connectivity index (χ0) is 24.5. The molecule has 0 aromatic heterocycles. The second-order valence-electron chi connectivity index (χ2n) is 9.20. The van der Waals surface area contributed by atoms with Crippen LogP contribution < -0.4 is 14.8 Å². The second kappa shape index (κ2) is 9.49. The van der Waals surface area contributed by atoms with E-state index in [1.807, 2.05) is 23.1 Å². The van der Waals surface area contributed by atoms with Crippen molar-refractivity contribution in [2.24, 2.45) is 0 Å². The molecule has 2 aromatic rings. The van der Waals surface area contributed by atoms with Crippen LogP contribution in [0.2, 0.25) is 0 Å². The number of rotatable bonds is 5. The van der Waals surface area contributed by atoms with Crippen molar-refractivity contribution in [2.45, 2.75) is 42.8 Å². The number of carbonyl (C=O) groups excluding carboxylic acids is 1. The van der Waals surface area contributed by atoms with E-state index in [1.165, 1.54) is 35.0 Å². The molecule has 184 valence electrons. The Bertz CT molecular complexity index is 1240. The van der Waals surface area contributed by atoms with Gasteiger partial charge in [0.1, 0.15) is 0 Å². The summed E-state index contributed by atoms with van der Waals surface area (Å²) in [5.41, 5.74) is 1.06. The van der Waals surface area contributed by atoms with Crippen molar-refractivity contribution in [1.82, 2.24) is 9.21 Å². The maximum Gasteiger partial charge on any atom is 0.251 e. The number of ether oxygens (including phenoxy) is 2. The molecule has 1 aliphatic carbocycles. The van der Waals surface area contributed by atoms with Crippen LogP contribution in [0.5, 0.6) is 11.5 Å². The number of nitrogens with one attached hydrogen (secondary N) is 1. The summed E-state index contributed by atoms with van der Waals surface area (Å²) >= 11 is 0. The number of amides is 1. The van der Waals surface area contributed by atoms with E-state index in [0.29, 0.717) is 48.9 Å². The molecule has 2 fully saturated rings. The molecule has 1 saturated carbocycles. The summed E-state index contributed by atoms with van der Waals surface area (Å²) in [6.07, 6.45) is 5.10. The van der Waals surface area contributed by atoms with E-state index < -0.39 is 15.8 Å². The highest BCUT2D eigenvalue weighted by Crippen LogP contribution is 2.46. The average molecular weight is 497 g/mol. The van der Waals surface area contributed by atoms with Crippen LogP contribution >= 0.6 is 0 Å². The summed E-state index contributed by atoms with van der Waals surface area (Å²) in [4.78, 5) is 14.8. The van der Waals surface area contributed by atoms with Crippen molar-refractivity contribution in [1.29, 1.82) is 5.26 Å². The van der Waals surface area contributed by atoms with Crippen LogP contribution in [-0.2, 0) is 14.8 Å². The molecule has 3 aliphatic rings. The van der Waals surface area contributed by atoms with Crippen LogP contribution in [-0.4, -0.2) is 62.0 Å². The Morgan fingerprint density at radius 3 is 2.34 bits per heavy atom. The lowest BCUT2D eigenvalue weighted by atomic mass is 9.94. The largest absolute Gasteiger partial charge is 0.448 e. The Balaban J connectivity index is 1.13. The summed E-state index contributed by atoms with van der Waals surface area (Å²) in [7, 11) is -3.63. The number of fused-ring (bicyclic) bond motifs is 1. The minimum atomic E-state index is -3.63. The lowest BCUT2D eigenvalue weighted by Gasteiger charge is -2.33. The number of nitriles is 1. The molecule has 10 heteroatoms. The van der Waals surface area contributed by atoms with Gasteiger partial charge in [-0.05, 0) is 49.2 Å². The number of benzene rings is 2. The predicted molar refractivity (Wildman–Crippen MR) is 128 cm³/mol. The molecular weight excluding hydrogens is 468 g/mol. The number of nitrogens with zero attached hydrogens (tertiary/aromatic N) is 3. The van der Waals surface area contributed by atoms with Crippen LogP contribution in [0.15, 0.2) is 47.4 Å². The Hall–Kier alpha value is -3.13. The number of hydrogen-bond donors (Lipinski definition) is 1. The van der Waals surface area contributed by atoms with Crippen molar-refractivity contribution in [2.75, 3.05) is 38.0 Å². The summed E-state index contributed by atoms with van der Waals surface area (Å²) in [6.45, 7) is 1.66. The van der Waals surface area contributed by atoms with E-state index in [-0.39, 0.29) is 17.3 Å². The van der Waals surface area contributed by atoms with Gasteiger partial charge in [-0.1, -0.05) is 6.42 Å². The van der Waals surface area contributed by atoms with Crippen LogP contribution in [0.1, 0.15) is 37.7 Å². The fourth-order valence-corrected chi connectivity index (χ4v) is 6.27. The number of carbonyl (C=O) groups is 1. The minimum absolute atomic E-state index is 0.167. The first-order chi connectivity index (χ1) is 16.9. The third-order valence-electron chi connectivity index (χ3n) is 6.75. The van der Waals surface area contributed by atoms with Gasteiger partial charge in [0.2, 0.25) is 15.9 Å².